The average molecular weight is 643 g/mol. The van der Waals surface area contributed by atoms with Crippen molar-refractivity contribution < 1.29 is 33.4 Å². The van der Waals surface area contributed by atoms with Crippen molar-refractivity contribution in [2.24, 2.45) is 0 Å². The molecule has 0 aliphatic carbocycles. The third-order valence-corrected chi connectivity index (χ3v) is 6.51. The van der Waals surface area contributed by atoms with Crippen LogP contribution in [0.1, 0.15) is 59.6 Å². The predicted octanol–water partition coefficient (Wildman–Crippen LogP) is 3.11. The Morgan fingerprint density at radius 3 is 1.51 bits per heavy atom. The Kier molecular flexibility index (Phi) is 13.9. The Morgan fingerprint density at radius 2 is 1.04 bits per heavy atom. The lowest BCUT2D eigenvalue weighted by Crippen LogP contribution is -2.59. The number of carbonyl (C=O) groups is 5. The fraction of sp³-hybridized carbons (Fsp3) is 0.485. The van der Waals surface area contributed by atoms with Gasteiger partial charge in [-0.05, 0) is 59.6 Å². The molecule has 0 radical (unpaired) electrons. The van der Waals surface area contributed by atoms with Gasteiger partial charge in [0.15, 0.2) is 0 Å². The van der Waals surface area contributed by atoms with Gasteiger partial charge < -0.3 is 30.7 Å². The van der Waals surface area contributed by atoms with Crippen LogP contribution in [-0.4, -0.2) is 70.9 Å². The molecule has 0 unspecified atom stereocenters. The highest BCUT2D eigenvalue weighted by Crippen LogP contribution is 2.13. The first-order chi connectivity index (χ1) is 21.0. The van der Waals surface area contributed by atoms with Gasteiger partial charge in [-0.2, -0.15) is 12.6 Å². The van der Waals surface area contributed by atoms with Crippen LogP contribution in [0.2, 0.25) is 0 Å². The summed E-state index contributed by atoms with van der Waals surface area (Å²) in [5, 5.41) is 10.5. The molecule has 0 aromatic heterocycles. The minimum Gasteiger partial charge on any atom is -0.458 e. The molecule has 4 N–H and O–H groups in total. The lowest BCUT2D eigenvalue weighted by atomic mass is 10.0. The Morgan fingerprint density at radius 1 is 0.622 bits per heavy atom. The molecule has 0 bridgehead atoms. The van der Waals surface area contributed by atoms with Crippen molar-refractivity contribution in [3.8, 4) is 0 Å². The summed E-state index contributed by atoms with van der Waals surface area (Å²) in [6, 6.07) is 13.9. The van der Waals surface area contributed by atoms with Crippen LogP contribution in [0.25, 0.3) is 0 Å². The molecule has 2 aromatic rings. The quantitative estimate of drug-likeness (QED) is 0.166. The van der Waals surface area contributed by atoms with Gasteiger partial charge in [0.1, 0.15) is 35.4 Å². The van der Waals surface area contributed by atoms with E-state index >= 15 is 0 Å². The predicted molar refractivity (Wildman–Crippen MR) is 175 cm³/mol. The maximum absolute atomic E-state index is 13.5. The highest BCUT2D eigenvalue weighted by atomic mass is 32.1. The largest absolute Gasteiger partial charge is 0.458 e. The molecular weight excluding hydrogens is 596 g/mol. The average Bonchev–Trinajstić information content (AvgIpc) is 2.94. The van der Waals surface area contributed by atoms with Crippen LogP contribution in [0, 0.1) is 0 Å². The van der Waals surface area contributed by atoms with Crippen LogP contribution in [0.4, 0.5) is 4.79 Å². The van der Waals surface area contributed by atoms with Crippen LogP contribution < -0.4 is 21.3 Å². The van der Waals surface area contributed by atoms with Gasteiger partial charge in [-0.25, -0.2) is 9.59 Å². The Bertz CT molecular complexity index is 1290. The van der Waals surface area contributed by atoms with Gasteiger partial charge in [0.25, 0.3) is 0 Å². The maximum Gasteiger partial charge on any atom is 0.408 e. The monoisotopic (exact) mass is 642 g/mol. The van der Waals surface area contributed by atoms with Crippen molar-refractivity contribution in [1.29, 1.82) is 0 Å². The van der Waals surface area contributed by atoms with E-state index in [2.05, 4.69) is 33.9 Å². The third-order valence-electron chi connectivity index (χ3n) is 6.15. The molecule has 12 heteroatoms. The number of amides is 4. The van der Waals surface area contributed by atoms with Crippen LogP contribution >= 0.6 is 12.6 Å². The van der Waals surface area contributed by atoms with E-state index in [0.717, 1.165) is 11.1 Å². The smallest absolute Gasteiger partial charge is 0.408 e. The van der Waals surface area contributed by atoms with Crippen molar-refractivity contribution in [1.82, 2.24) is 21.3 Å². The van der Waals surface area contributed by atoms with Crippen molar-refractivity contribution in [2.45, 2.75) is 96.7 Å². The minimum absolute atomic E-state index is 0.0907. The topological polar surface area (TPSA) is 152 Å². The van der Waals surface area contributed by atoms with E-state index in [-0.39, 0.29) is 18.6 Å². The van der Waals surface area contributed by atoms with Crippen molar-refractivity contribution in [3.05, 3.63) is 71.8 Å². The van der Waals surface area contributed by atoms with E-state index in [1.807, 2.05) is 36.4 Å². The molecule has 11 nitrogen and oxygen atoms in total. The summed E-state index contributed by atoms with van der Waals surface area (Å²) in [5.74, 6) is -2.63. The molecule has 4 atom stereocenters. The number of nitrogens with one attached hydrogen (secondary N) is 4. The third kappa shape index (κ3) is 14.1. The zero-order valence-electron chi connectivity index (χ0n) is 27.0. The fourth-order valence-corrected chi connectivity index (χ4v) is 4.32. The summed E-state index contributed by atoms with van der Waals surface area (Å²) in [6.07, 6.45) is -0.507. The first kappa shape index (κ1) is 37.1. The number of rotatable bonds is 13. The van der Waals surface area contributed by atoms with Gasteiger partial charge in [0.2, 0.25) is 17.7 Å². The molecule has 2 rings (SSSR count). The highest BCUT2D eigenvalue weighted by Gasteiger charge is 2.32. The van der Waals surface area contributed by atoms with E-state index in [1.54, 1.807) is 65.8 Å². The van der Waals surface area contributed by atoms with Gasteiger partial charge in [0, 0.05) is 18.6 Å². The van der Waals surface area contributed by atoms with Gasteiger partial charge in [0.05, 0.1) is 0 Å². The molecule has 4 amide bonds. The van der Waals surface area contributed by atoms with Crippen LogP contribution in [0.5, 0.6) is 0 Å². The first-order valence-corrected chi connectivity index (χ1v) is 15.4. The molecule has 246 valence electrons. The van der Waals surface area contributed by atoms with E-state index in [1.165, 1.54) is 6.92 Å². The number of carbonyl (C=O) groups excluding carboxylic acids is 5. The first-order valence-electron chi connectivity index (χ1n) is 14.8. The molecule has 0 fully saturated rings. The van der Waals surface area contributed by atoms with Gasteiger partial charge in [-0.15, -0.1) is 0 Å². The highest BCUT2D eigenvalue weighted by molar-refractivity contribution is 7.80. The molecule has 0 aliphatic rings. The maximum atomic E-state index is 13.5. The van der Waals surface area contributed by atoms with Crippen molar-refractivity contribution in [3.63, 3.8) is 0 Å². The molecule has 0 aliphatic heterocycles. The number of ether oxygens (including phenoxy) is 2. The molecule has 45 heavy (non-hydrogen) atoms. The van der Waals surface area contributed by atoms with E-state index in [4.69, 9.17) is 9.47 Å². The molecular formula is C33H46N4O7S. The zero-order valence-corrected chi connectivity index (χ0v) is 27.9. The van der Waals surface area contributed by atoms with Gasteiger partial charge in [-0.3, -0.25) is 14.4 Å². The van der Waals surface area contributed by atoms with Gasteiger partial charge >= 0.3 is 12.1 Å². The molecule has 0 saturated heterocycles. The number of esters is 1. The van der Waals surface area contributed by atoms with E-state index in [0.29, 0.717) is 0 Å². The van der Waals surface area contributed by atoms with Crippen molar-refractivity contribution in [2.75, 3.05) is 5.75 Å². The van der Waals surface area contributed by atoms with Crippen molar-refractivity contribution >= 4 is 42.4 Å². The summed E-state index contributed by atoms with van der Waals surface area (Å²) in [7, 11) is 0. The van der Waals surface area contributed by atoms with Crippen LogP contribution in [-0.2, 0) is 41.5 Å². The standard InChI is InChI=1S/C33H46N4O7S/c1-21(34-31(42)44-33(5,6)7)27(38)35-24(18-22-14-10-8-11-15-22)28(39)37-26(20-45)29(40)36-25(30(41)43-32(2,3)4)19-23-16-12-9-13-17-23/h8-17,21,24-26,45H,18-20H2,1-7H3,(H,34,42)(H,35,38)(H,36,40)(H,37,39)/t21-,24-,25-,26-/m0/s1. The number of hydrogen-bond acceptors (Lipinski definition) is 8. The number of hydrogen-bond donors (Lipinski definition) is 5. The van der Waals surface area contributed by atoms with Gasteiger partial charge in [-0.1, -0.05) is 60.7 Å². The molecule has 0 saturated carbocycles. The minimum atomic E-state index is -1.14. The second-order valence-electron chi connectivity index (χ2n) is 12.6. The summed E-state index contributed by atoms with van der Waals surface area (Å²) < 4.78 is 10.8. The number of alkyl carbamates (subject to hydrolysis) is 1. The normalized spacial score (nSPS) is 14.1. The van der Waals surface area contributed by atoms with Crippen LogP contribution in [0.3, 0.4) is 0 Å². The van der Waals surface area contributed by atoms with E-state index in [9.17, 15) is 24.0 Å². The Hall–Kier alpha value is -4.06. The lowest BCUT2D eigenvalue weighted by molar-refractivity contribution is -0.158. The second-order valence-corrected chi connectivity index (χ2v) is 13.0. The lowest BCUT2D eigenvalue weighted by Gasteiger charge is -2.27. The Balaban J connectivity index is 2.20. The fourth-order valence-electron chi connectivity index (χ4n) is 4.06. The van der Waals surface area contributed by atoms with E-state index < -0.39 is 65.2 Å². The Labute approximate surface area is 271 Å². The zero-order chi connectivity index (χ0) is 33.8. The second kappa shape index (κ2) is 16.9. The number of benzene rings is 2. The summed E-state index contributed by atoms with van der Waals surface area (Å²) in [4.78, 5) is 65.2. The SMILES string of the molecule is C[C@H](NC(=O)OC(C)(C)C)C(=O)N[C@@H](Cc1ccccc1)C(=O)N[C@@H](CS)C(=O)N[C@@H](Cc1ccccc1)C(=O)OC(C)(C)C. The number of thiol groups is 1. The summed E-state index contributed by atoms with van der Waals surface area (Å²) in [5.41, 5.74) is 0.0131. The van der Waals surface area contributed by atoms with Crippen LogP contribution in [0.15, 0.2) is 60.7 Å². The molecule has 0 heterocycles. The molecule has 0 spiro atoms. The molecule has 2 aromatic carbocycles. The summed E-state index contributed by atoms with van der Waals surface area (Å²) in [6.45, 7) is 11.7. The summed E-state index contributed by atoms with van der Waals surface area (Å²) >= 11 is 4.27.